The highest BCUT2D eigenvalue weighted by Crippen LogP contribution is 2.20. The van der Waals surface area contributed by atoms with Crippen LogP contribution in [-0.2, 0) is 6.42 Å². The second-order valence-corrected chi connectivity index (χ2v) is 3.54. The molecule has 0 bridgehead atoms. The summed E-state index contributed by atoms with van der Waals surface area (Å²) in [6, 6.07) is 8.00. The van der Waals surface area contributed by atoms with Gasteiger partial charge < -0.3 is 0 Å². The Morgan fingerprint density at radius 3 is 2.54 bits per heavy atom. The molecule has 13 heavy (non-hydrogen) atoms. The lowest BCUT2D eigenvalue weighted by atomic mass is 10.1. The topological polar surface area (TPSA) is 49.4 Å². The van der Waals surface area contributed by atoms with Crippen LogP contribution in [0.2, 0.25) is 0 Å². The van der Waals surface area contributed by atoms with Gasteiger partial charge in [0, 0.05) is 10.9 Å². The highest BCUT2D eigenvalue weighted by molar-refractivity contribution is 9.10. The van der Waals surface area contributed by atoms with Crippen LogP contribution in [0.25, 0.3) is 0 Å². The summed E-state index contributed by atoms with van der Waals surface area (Å²) in [5, 5.41) is 14.6. The molecule has 4 nitrogen and oxygen atoms in total. The number of rotatable bonds is 2. The summed E-state index contributed by atoms with van der Waals surface area (Å²) < 4.78 is 1.08. The maximum atomic E-state index is 3.84. The van der Waals surface area contributed by atoms with Crippen molar-refractivity contribution in [2.75, 3.05) is 0 Å². The highest BCUT2D eigenvalue weighted by atomic mass is 79.9. The molecule has 0 aromatic heterocycles. The number of hydrogen-bond donors (Lipinski definition) is 0. The number of hydrogen-bond acceptors (Lipinski definition) is 4. The quantitative estimate of drug-likeness (QED) is 0.761. The molecule has 1 aromatic rings. The molecule has 1 heterocycles. The Balaban J connectivity index is 2.13. The van der Waals surface area contributed by atoms with E-state index < -0.39 is 0 Å². The van der Waals surface area contributed by atoms with Crippen molar-refractivity contribution < 1.29 is 0 Å². The third-order valence-electron chi connectivity index (χ3n) is 1.77. The normalized spacial score (nSPS) is 15.5. The molecule has 1 aliphatic rings. The molecule has 0 aliphatic carbocycles. The Kier molecular flexibility index (Phi) is 2.44. The number of nitrogens with zero attached hydrogens (tertiary/aromatic N) is 4. The van der Waals surface area contributed by atoms with Crippen molar-refractivity contribution in [2.24, 2.45) is 20.7 Å². The fourth-order valence-electron chi connectivity index (χ4n) is 1.13. The van der Waals surface area contributed by atoms with Crippen molar-refractivity contribution in [2.45, 2.75) is 12.6 Å². The van der Waals surface area contributed by atoms with E-state index in [0.29, 0.717) is 0 Å². The van der Waals surface area contributed by atoms with Crippen LogP contribution in [0.1, 0.15) is 5.56 Å². The lowest BCUT2D eigenvalue weighted by Gasteiger charge is -2.03. The van der Waals surface area contributed by atoms with Gasteiger partial charge in [-0.2, -0.15) is 0 Å². The van der Waals surface area contributed by atoms with Crippen molar-refractivity contribution in [1.29, 1.82) is 0 Å². The van der Waals surface area contributed by atoms with Crippen LogP contribution in [0, 0.1) is 0 Å². The van der Waals surface area contributed by atoms with E-state index in [1.807, 2.05) is 24.3 Å². The summed E-state index contributed by atoms with van der Waals surface area (Å²) in [7, 11) is 0. The van der Waals surface area contributed by atoms with Gasteiger partial charge >= 0.3 is 0 Å². The molecule has 5 heteroatoms. The van der Waals surface area contributed by atoms with Crippen molar-refractivity contribution in [1.82, 2.24) is 0 Å². The van der Waals surface area contributed by atoms with Gasteiger partial charge in [-0.3, -0.25) is 0 Å². The van der Waals surface area contributed by atoms with Gasteiger partial charge in [-0.1, -0.05) is 34.1 Å². The molecule has 0 atom stereocenters. The van der Waals surface area contributed by atoms with Crippen molar-refractivity contribution in [3.63, 3.8) is 0 Å². The molecule has 1 aromatic carbocycles. The molecule has 0 amide bonds. The van der Waals surface area contributed by atoms with Crippen LogP contribution in [-0.4, -0.2) is 6.17 Å². The second-order valence-electron chi connectivity index (χ2n) is 2.69. The van der Waals surface area contributed by atoms with Crippen LogP contribution in [0.5, 0.6) is 0 Å². The van der Waals surface area contributed by atoms with Gasteiger partial charge in [0.25, 0.3) is 0 Å². The van der Waals surface area contributed by atoms with E-state index in [2.05, 4.69) is 36.6 Å². The lowest BCUT2D eigenvalue weighted by molar-refractivity contribution is 0.696. The fourth-order valence-corrected chi connectivity index (χ4v) is 1.58. The first kappa shape index (κ1) is 8.50. The highest BCUT2D eigenvalue weighted by Gasteiger charge is 2.11. The van der Waals surface area contributed by atoms with Crippen molar-refractivity contribution in [3.05, 3.63) is 34.3 Å². The summed E-state index contributed by atoms with van der Waals surface area (Å²) in [5.41, 5.74) is 1.17. The predicted molar refractivity (Wildman–Crippen MR) is 51.3 cm³/mol. The van der Waals surface area contributed by atoms with E-state index in [1.165, 1.54) is 5.56 Å². The Bertz CT molecular complexity index is 349. The van der Waals surface area contributed by atoms with Gasteiger partial charge in [0.1, 0.15) is 0 Å². The van der Waals surface area contributed by atoms with Gasteiger partial charge in [0.15, 0.2) is 6.17 Å². The zero-order valence-electron chi connectivity index (χ0n) is 6.76. The van der Waals surface area contributed by atoms with Gasteiger partial charge in [-0.05, 0) is 22.1 Å². The minimum atomic E-state index is -0.140. The van der Waals surface area contributed by atoms with E-state index in [-0.39, 0.29) is 6.17 Å². The third kappa shape index (κ3) is 1.98. The Labute approximate surface area is 83.9 Å². The fraction of sp³-hybridized carbons (Fsp3) is 0.250. The molecular weight excluding hydrogens is 232 g/mol. The Morgan fingerprint density at radius 2 is 1.85 bits per heavy atom. The minimum Gasteiger partial charge on any atom is -0.138 e. The zero-order valence-corrected chi connectivity index (χ0v) is 8.35. The third-order valence-corrected chi connectivity index (χ3v) is 2.54. The van der Waals surface area contributed by atoms with E-state index in [4.69, 9.17) is 0 Å². The molecule has 0 N–H and O–H groups in total. The molecule has 2 rings (SSSR count). The van der Waals surface area contributed by atoms with Gasteiger partial charge in [-0.15, -0.1) is 10.2 Å². The number of halogens is 1. The molecule has 0 unspecified atom stereocenters. The number of benzene rings is 1. The molecule has 0 saturated heterocycles. The van der Waals surface area contributed by atoms with Crippen LogP contribution in [0.3, 0.4) is 0 Å². The zero-order chi connectivity index (χ0) is 9.10. The molecular formula is C8H7BrN4. The molecule has 1 aliphatic heterocycles. The summed E-state index contributed by atoms with van der Waals surface area (Å²) in [6.07, 6.45) is 0.604. The van der Waals surface area contributed by atoms with Crippen LogP contribution >= 0.6 is 15.9 Å². The standard InChI is InChI=1S/C8H7BrN4/c9-7-4-2-1-3-6(7)5-8-10-12-13-11-8/h1-4,8H,5H2. The summed E-state index contributed by atoms with van der Waals surface area (Å²) >= 11 is 3.46. The first-order valence-corrected chi connectivity index (χ1v) is 4.69. The lowest BCUT2D eigenvalue weighted by Crippen LogP contribution is -2.02. The molecule has 0 saturated carbocycles. The maximum Gasteiger partial charge on any atom is 0.189 e. The predicted octanol–water partition coefficient (Wildman–Crippen LogP) is 3.15. The molecule has 66 valence electrons. The SMILES string of the molecule is Brc1ccccc1CC1N=NN=N1. The van der Waals surface area contributed by atoms with Gasteiger partial charge in [0.2, 0.25) is 0 Å². The van der Waals surface area contributed by atoms with Gasteiger partial charge in [-0.25, -0.2) is 0 Å². The second kappa shape index (κ2) is 3.74. The van der Waals surface area contributed by atoms with Gasteiger partial charge in [0.05, 0.1) is 0 Å². The van der Waals surface area contributed by atoms with E-state index in [1.54, 1.807) is 0 Å². The Hall–Kier alpha value is -1.10. The van der Waals surface area contributed by atoms with E-state index in [9.17, 15) is 0 Å². The van der Waals surface area contributed by atoms with Crippen LogP contribution in [0.4, 0.5) is 0 Å². The average Bonchev–Trinajstić information content (AvgIpc) is 2.61. The van der Waals surface area contributed by atoms with Crippen LogP contribution < -0.4 is 0 Å². The first-order chi connectivity index (χ1) is 6.36. The smallest absolute Gasteiger partial charge is 0.138 e. The maximum absolute atomic E-state index is 3.84. The molecule has 0 radical (unpaired) electrons. The largest absolute Gasteiger partial charge is 0.189 e. The summed E-state index contributed by atoms with van der Waals surface area (Å²) in [5.74, 6) is 0. The monoisotopic (exact) mass is 238 g/mol. The molecule has 0 fully saturated rings. The first-order valence-electron chi connectivity index (χ1n) is 3.89. The summed E-state index contributed by atoms with van der Waals surface area (Å²) in [6.45, 7) is 0. The van der Waals surface area contributed by atoms with E-state index >= 15 is 0 Å². The van der Waals surface area contributed by atoms with Crippen molar-refractivity contribution in [3.8, 4) is 0 Å². The Morgan fingerprint density at radius 1 is 1.15 bits per heavy atom. The van der Waals surface area contributed by atoms with Crippen molar-refractivity contribution >= 4 is 15.9 Å². The minimum absolute atomic E-state index is 0.140. The molecule has 0 spiro atoms. The van der Waals surface area contributed by atoms with E-state index in [0.717, 1.165) is 10.9 Å². The summed E-state index contributed by atoms with van der Waals surface area (Å²) in [4.78, 5) is 0. The van der Waals surface area contributed by atoms with Crippen LogP contribution in [0.15, 0.2) is 49.4 Å². The average molecular weight is 239 g/mol.